The van der Waals surface area contributed by atoms with E-state index in [-0.39, 0.29) is 11.7 Å². The number of halogens is 1. The number of para-hydroxylation sites is 1. The fraction of sp³-hybridized carbons (Fsp3) is 0. The largest absolute Gasteiger partial charge is 0.384 e. The first-order valence-electron chi connectivity index (χ1n) is 6.03. The monoisotopic (exact) mass is 285 g/mol. The van der Waals surface area contributed by atoms with Crippen LogP contribution in [0.25, 0.3) is 10.9 Å². The van der Waals surface area contributed by atoms with Crippen molar-refractivity contribution in [2.24, 2.45) is 5.73 Å². The van der Waals surface area contributed by atoms with E-state index in [0.29, 0.717) is 10.5 Å². The van der Waals surface area contributed by atoms with Gasteiger partial charge < -0.3 is 10.7 Å². The van der Waals surface area contributed by atoms with Gasteiger partial charge in [0.25, 0.3) is 0 Å². The Morgan fingerprint density at radius 1 is 1.15 bits per heavy atom. The summed E-state index contributed by atoms with van der Waals surface area (Å²) in [4.78, 5) is 3.74. The first kappa shape index (κ1) is 12.7. The van der Waals surface area contributed by atoms with Gasteiger partial charge in [0.05, 0.1) is 5.03 Å². The number of nitrogens with two attached hydrogens (primary N) is 1. The van der Waals surface area contributed by atoms with Crippen molar-refractivity contribution in [3.8, 4) is 0 Å². The van der Waals surface area contributed by atoms with E-state index in [1.807, 2.05) is 30.3 Å². The molecule has 0 spiro atoms. The molecule has 4 N–H and O–H groups in total. The zero-order valence-electron chi connectivity index (χ0n) is 10.5. The van der Waals surface area contributed by atoms with Crippen molar-refractivity contribution in [1.29, 1.82) is 5.41 Å². The molecule has 0 atom stereocenters. The molecule has 5 heteroatoms. The minimum Gasteiger partial charge on any atom is -0.384 e. The van der Waals surface area contributed by atoms with E-state index in [1.165, 1.54) is 17.8 Å². The second-order valence-corrected chi connectivity index (χ2v) is 5.47. The van der Waals surface area contributed by atoms with Gasteiger partial charge in [0.15, 0.2) is 0 Å². The highest BCUT2D eigenvalue weighted by Crippen LogP contribution is 2.31. The SMILES string of the molecule is N=C(N)c1ccc(Sc2cc3ccccc3[nH]2)c(F)c1. The number of hydrogen-bond acceptors (Lipinski definition) is 2. The zero-order valence-corrected chi connectivity index (χ0v) is 11.3. The lowest BCUT2D eigenvalue weighted by atomic mass is 10.2. The normalized spacial score (nSPS) is 10.8. The molecule has 0 aliphatic heterocycles. The molecule has 3 nitrogen and oxygen atoms in total. The van der Waals surface area contributed by atoms with E-state index in [4.69, 9.17) is 11.1 Å². The summed E-state index contributed by atoms with van der Waals surface area (Å²) in [5.41, 5.74) is 6.76. The zero-order chi connectivity index (χ0) is 14.1. The molecular weight excluding hydrogens is 273 g/mol. The number of amidine groups is 1. The van der Waals surface area contributed by atoms with E-state index < -0.39 is 0 Å². The average Bonchev–Trinajstić information content (AvgIpc) is 2.83. The molecule has 0 aliphatic carbocycles. The van der Waals surface area contributed by atoms with Gasteiger partial charge in [-0.05, 0) is 30.3 Å². The van der Waals surface area contributed by atoms with Gasteiger partial charge >= 0.3 is 0 Å². The maximum Gasteiger partial charge on any atom is 0.137 e. The highest BCUT2D eigenvalue weighted by atomic mass is 32.2. The van der Waals surface area contributed by atoms with Crippen LogP contribution in [-0.4, -0.2) is 10.8 Å². The number of nitrogens with one attached hydrogen (secondary N) is 2. The predicted molar refractivity (Wildman–Crippen MR) is 79.8 cm³/mol. The Hall–Kier alpha value is -2.27. The smallest absolute Gasteiger partial charge is 0.137 e. The Labute approximate surface area is 119 Å². The van der Waals surface area contributed by atoms with Crippen LogP contribution in [0.5, 0.6) is 0 Å². The molecule has 0 radical (unpaired) electrons. The fourth-order valence-electron chi connectivity index (χ4n) is 1.97. The third-order valence-electron chi connectivity index (χ3n) is 2.97. The standard InChI is InChI=1S/C15H12FN3S/c16-11-7-10(15(17)18)5-6-13(11)20-14-8-9-3-1-2-4-12(9)19-14/h1-8,19H,(H3,17,18). The Morgan fingerprint density at radius 2 is 1.95 bits per heavy atom. The van der Waals surface area contributed by atoms with Crippen LogP contribution >= 0.6 is 11.8 Å². The summed E-state index contributed by atoms with van der Waals surface area (Å²) >= 11 is 1.32. The summed E-state index contributed by atoms with van der Waals surface area (Å²) in [7, 11) is 0. The molecule has 1 aromatic heterocycles. The number of benzene rings is 2. The molecule has 3 aromatic rings. The number of nitrogen functional groups attached to an aromatic ring is 1. The second-order valence-electron chi connectivity index (χ2n) is 4.38. The van der Waals surface area contributed by atoms with Crippen LogP contribution in [0.2, 0.25) is 0 Å². The number of fused-ring (bicyclic) bond motifs is 1. The summed E-state index contributed by atoms with van der Waals surface area (Å²) in [5, 5.41) is 9.26. The van der Waals surface area contributed by atoms with E-state index in [9.17, 15) is 4.39 Å². The van der Waals surface area contributed by atoms with Crippen LogP contribution in [0.3, 0.4) is 0 Å². The fourth-order valence-corrected chi connectivity index (χ4v) is 2.85. The van der Waals surface area contributed by atoms with Crippen LogP contribution in [-0.2, 0) is 0 Å². The van der Waals surface area contributed by atoms with Crippen molar-refractivity contribution in [2.75, 3.05) is 0 Å². The minimum absolute atomic E-state index is 0.133. The number of H-pyrrole nitrogens is 1. The van der Waals surface area contributed by atoms with Gasteiger partial charge in [0, 0.05) is 21.4 Å². The van der Waals surface area contributed by atoms with Gasteiger partial charge in [-0.2, -0.15) is 0 Å². The summed E-state index contributed by atoms with van der Waals surface area (Å²) < 4.78 is 14.0. The Balaban J connectivity index is 1.92. The molecule has 0 saturated heterocycles. The molecule has 0 bridgehead atoms. The van der Waals surface area contributed by atoms with Crippen molar-refractivity contribution in [3.05, 3.63) is 59.9 Å². The van der Waals surface area contributed by atoms with E-state index in [1.54, 1.807) is 12.1 Å². The molecule has 0 amide bonds. The predicted octanol–water partition coefficient (Wildman–Crippen LogP) is 3.74. The Kier molecular flexibility index (Phi) is 3.20. The molecule has 0 saturated carbocycles. The number of aromatic amines is 1. The molecule has 100 valence electrons. The van der Waals surface area contributed by atoms with Crippen molar-refractivity contribution < 1.29 is 4.39 Å². The van der Waals surface area contributed by atoms with Gasteiger partial charge in [0.2, 0.25) is 0 Å². The molecule has 2 aromatic carbocycles. The Morgan fingerprint density at radius 3 is 2.65 bits per heavy atom. The van der Waals surface area contributed by atoms with E-state index in [2.05, 4.69) is 4.98 Å². The molecule has 0 aliphatic rings. The topological polar surface area (TPSA) is 65.7 Å². The average molecular weight is 285 g/mol. The molecular formula is C15H12FN3S. The van der Waals surface area contributed by atoms with Crippen LogP contribution in [0.15, 0.2) is 58.5 Å². The highest BCUT2D eigenvalue weighted by molar-refractivity contribution is 7.99. The van der Waals surface area contributed by atoms with Gasteiger partial charge in [0.1, 0.15) is 11.7 Å². The number of hydrogen-bond donors (Lipinski definition) is 3. The molecule has 0 unspecified atom stereocenters. The maximum atomic E-state index is 14.0. The van der Waals surface area contributed by atoms with E-state index in [0.717, 1.165) is 15.9 Å². The second kappa shape index (κ2) is 5.02. The summed E-state index contributed by atoms with van der Waals surface area (Å²) in [6.45, 7) is 0. The maximum absolute atomic E-state index is 14.0. The lowest BCUT2D eigenvalue weighted by Crippen LogP contribution is -2.11. The number of rotatable bonds is 3. The molecule has 0 fully saturated rings. The van der Waals surface area contributed by atoms with Crippen LogP contribution in [0.4, 0.5) is 4.39 Å². The third kappa shape index (κ3) is 2.40. The third-order valence-corrected chi connectivity index (χ3v) is 3.96. The van der Waals surface area contributed by atoms with Crippen LogP contribution < -0.4 is 5.73 Å². The quantitative estimate of drug-likeness (QED) is 0.507. The number of aromatic nitrogens is 1. The van der Waals surface area contributed by atoms with Gasteiger partial charge in [-0.3, -0.25) is 5.41 Å². The molecule has 1 heterocycles. The van der Waals surface area contributed by atoms with Gasteiger partial charge in [-0.1, -0.05) is 30.0 Å². The lowest BCUT2D eigenvalue weighted by Gasteiger charge is -2.03. The summed E-state index contributed by atoms with van der Waals surface area (Å²) in [5.74, 6) is -0.507. The first-order valence-corrected chi connectivity index (χ1v) is 6.85. The summed E-state index contributed by atoms with van der Waals surface area (Å²) in [6, 6.07) is 14.5. The van der Waals surface area contributed by atoms with Gasteiger partial charge in [-0.15, -0.1) is 0 Å². The van der Waals surface area contributed by atoms with Crippen molar-refractivity contribution in [2.45, 2.75) is 9.92 Å². The van der Waals surface area contributed by atoms with E-state index >= 15 is 0 Å². The first-order chi connectivity index (χ1) is 9.63. The van der Waals surface area contributed by atoms with Crippen molar-refractivity contribution in [3.63, 3.8) is 0 Å². The Bertz CT molecular complexity index is 762. The molecule has 20 heavy (non-hydrogen) atoms. The van der Waals surface area contributed by atoms with Gasteiger partial charge in [-0.25, -0.2) is 4.39 Å². The molecule has 3 rings (SSSR count). The van der Waals surface area contributed by atoms with Crippen LogP contribution in [0.1, 0.15) is 5.56 Å². The van der Waals surface area contributed by atoms with Crippen LogP contribution in [0, 0.1) is 11.2 Å². The van der Waals surface area contributed by atoms with Crippen molar-refractivity contribution in [1.82, 2.24) is 4.98 Å². The van der Waals surface area contributed by atoms with Crippen molar-refractivity contribution >= 4 is 28.5 Å². The minimum atomic E-state index is -0.374. The lowest BCUT2D eigenvalue weighted by molar-refractivity contribution is 0.601. The highest BCUT2D eigenvalue weighted by Gasteiger charge is 2.08. The summed E-state index contributed by atoms with van der Waals surface area (Å²) in [6.07, 6.45) is 0.